The number of hydrogen-bond acceptors (Lipinski definition) is 2. The smallest absolute Gasteiger partial charge is 0.0493 e. The third kappa shape index (κ3) is 2.46. The Balaban J connectivity index is 2.31. The Morgan fingerprint density at radius 1 is 1.55 bits per heavy atom. The van der Waals surface area contributed by atoms with Gasteiger partial charge in [0.05, 0.1) is 0 Å². The Morgan fingerprint density at radius 3 is 2.82 bits per heavy atom. The van der Waals surface area contributed by atoms with Crippen LogP contribution in [0.2, 0.25) is 0 Å². The number of rotatable bonds is 2. The lowest BCUT2D eigenvalue weighted by atomic mass is 9.88. The zero-order chi connectivity index (χ0) is 8.27. The third-order valence-corrected chi connectivity index (χ3v) is 2.67. The molecule has 0 N–H and O–H groups in total. The standard InChI is InChI=1S/C9H19NO/c1-8-6-10(2)5-4-9(8)7-11-3/h8-9H,4-7H2,1-3H3. The SMILES string of the molecule is COCC1CCN(C)CC1C. The second-order valence-electron chi connectivity index (χ2n) is 3.74. The molecule has 2 atom stereocenters. The summed E-state index contributed by atoms with van der Waals surface area (Å²) in [7, 11) is 3.99. The van der Waals surface area contributed by atoms with Gasteiger partial charge in [0.2, 0.25) is 0 Å². The molecule has 2 unspecified atom stereocenters. The highest BCUT2D eigenvalue weighted by Gasteiger charge is 2.23. The molecule has 0 radical (unpaired) electrons. The Kier molecular flexibility index (Phi) is 3.34. The molecule has 66 valence electrons. The van der Waals surface area contributed by atoms with Crippen LogP contribution in [-0.4, -0.2) is 38.8 Å². The lowest BCUT2D eigenvalue weighted by Crippen LogP contribution is -2.38. The maximum absolute atomic E-state index is 5.17. The van der Waals surface area contributed by atoms with Crippen LogP contribution in [0.5, 0.6) is 0 Å². The van der Waals surface area contributed by atoms with Crippen LogP contribution in [-0.2, 0) is 4.74 Å². The van der Waals surface area contributed by atoms with Gasteiger partial charge in [-0.1, -0.05) is 6.92 Å². The predicted octanol–water partition coefficient (Wildman–Crippen LogP) is 1.22. The summed E-state index contributed by atoms with van der Waals surface area (Å²) in [6.07, 6.45) is 1.30. The first-order valence-electron chi connectivity index (χ1n) is 4.41. The van der Waals surface area contributed by atoms with Crippen molar-refractivity contribution in [1.82, 2.24) is 4.90 Å². The lowest BCUT2D eigenvalue weighted by Gasteiger charge is -2.34. The van der Waals surface area contributed by atoms with E-state index in [0.717, 1.165) is 18.4 Å². The van der Waals surface area contributed by atoms with Crippen molar-refractivity contribution >= 4 is 0 Å². The number of hydrogen-bond donors (Lipinski definition) is 0. The predicted molar refractivity (Wildman–Crippen MR) is 46.6 cm³/mol. The first-order valence-corrected chi connectivity index (χ1v) is 4.41. The van der Waals surface area contributed by atoms with Crippen molar-refractivity contribution in [2.45, 2.75) is 13.3 Å². The molecule has 1 rings (SSSR count). The second kappa shape index (κ2) is 4.07. The largest absolute Gasteiger partial charge is 0.384 e. The van der Waals surface area contributed by atoms with Crippen LogP contribution in [0.1, 0.15) is 13.3 Å². The molecule has 2 heteroatoms. The van der Waals surface area contributed by atoms with Crippen LogP contribution < -0.4 is 0 Å². The van der Waals surface area contributed by atoms with Crippen LogP contribution in [0, 0.1) is 11.8 Å². The number of methoxy groups -OCH3 is 1. The molecule has 0 saturated carbocycles. The van der Waals surface area contributed by atoms with E-state index in [0.29, 0.717) is 0 Å². The average Bonchev–Trinajstić information content (AvgIpc) is 1.95. The molecule has 1 fully saturated rings. The van der Waals surface area contributed by atoms with Crippen molar-refractivity contribution in [2.24, 2.45) is 11.8 Å². The van der Waals surface area contributed by atoms with Crippen molar-refractivity contribution in [3.05, 3.63) is 0 Å². The molecule has 0 spiro atoms. The third-order valence-electron chi connectivity index (χ3n) is 2.67. The van der Waals surface area contributed by atoms with Gasteiger partial charge in [-0.15, -0.1) is 0 Å². The first kappa shape index (κ1) is 9.01. The van der Waals surface area contributed by atoms with E-state index in [1.54, 1.807) is 7.11 Å². The summed E-state index contributed by atoms with van der Waals surface area (Å²) in [5, 5.41) is 0. The van der Waals surface area contributed by atoms with Gasteiger partial charge in [0.15, 0.2) is 0 Å². The summed E-state index contributed by atoms with van der Waals surface area (Å²) in [6, 6.07) is 0. The summed E-state index contributed by atoms with van der Waals surface area (Å²) in [5.74, 6) is 1.59. The highest BCUT2D eigenvalue weighted by Crippen LogP contribution is 2.21. The minimum atomic E-state index is 0.788. The zero-order valence-electron chi connectivity index (χ0n) is 7.84. The molecule has 1 heterocycles. The fourth-order valence-electron chi connectivity index (χ4n) is 1.86. The molecule has 2 nitrogen and oxygen atoms in total. The monoisotopic (exact) mass is 157 g/mol. The normalized spacial score (nSPS) is 34.1. The van der Waals surface area contributed by atoms with Crippen LogP contribution in [0.4, 0.5) is 0 Å². The summed E-state index contributed by atoms with van der Waals surface area (Å²) in [4.78, 5) is 2.40. The first-order chi connectivity index (χ1) is 5.24. The van der Waals surface area contributed by atoms with Crippen molar-refractivity contribution in [1.29, 1.82) is 0 Å². The van der Waals surface area contributed by atoms with Crippen molar-refractivity contribution in [2.75, 3.05) is 33.9 Å². The van der Waals surface area contributed by atoms with Gasteiger partial charge in [-0.25, -0.2) is 0 Å². The van der Waals surface area contributed by atoms with Crippen LogP contribution in [0.3, 0.4) is 0 Å². The molecular weight excluding hydrogens is 138 g/mol. The lowest BCUT2D eigenvalue weighted by molar-refractivity contribution is 0.0719. The van der Waals surface area contributed by atoms with Gasteiger partial charge in [-0.05, 0) is 31.8 Å². The van der Waals surface area contributed by atoms with Crippen molar-refractivity contribution in [3.8, 4) is 0 Å². The van der Waals surface area contributed by atoms with E-state index in [9.17, 15) is 0 Å². The highest BCUT2D eigenvalue weighted by atomic mass is 16.5. The van der Waals surface area contributed by atoms with E-state index >= 15 is 0 Å². The van der Waals surface area contributed by atoms with Crippen LogP contribution in [0.15, 0.2) is 0 Å². The summed E-state index contributed by atoms with van der Waals surface area (Å²) < 4.78 is 5.17. The summed E-state index contributed by atoms with van der Waals surface area (Å²) in [5.41, 5.74) is 0. The second-order valence-corrected chi connectivity index (χ2v) is 3.74. The maximum Gasteiger partial charge on any atom is 0.0493 e. The topological polar surface area (TPSA) is 12.5 Å². The van der Waals surface area contributed by atoms with Gasteiger partial charge in [-0.2, -0.15) is 0 Å². The minimum Gasteiger partial charge on any atom is -0.384 e. The van der Waals surface area contributed by atoms with E-state index in [4.69, 9.17) is 4.74 Å². The maximum atomic E-state index is 5.17. The van der Waals surface area contributed by atoms with Crippen molar-refractivity contribution in [3.63, 3.8) is 0 Å². The molecule has 11 heavy (non-hydrogen) atoms. The fourth-order valence-corrected chi connectivity index (χ4v) is 1.86. The van der Waals surface area contributed by atoms with Gasteiger partial charge < -0.3 is 9.64 Å². The van der Waals surface area contributed by atoms with Gasteiger partial charge in [0.1, 0.15) is 0 Å². The Labute approximate surface area is 69.5 Å². The van der Waals surface area contributed by atoms with Crippen LogP contribution in [0.25, 0.3) is 0 Å². The Morgan fingerprint density at radius 2 is 2.27 bits per heavy atom. The average molecular weight is 157 g/mol. The van der Waals surface area contributed by atoms with Crippen LogP contribution >= 0.6 is 0 Å². The van der Waals surface area contributed by atoms with E-state index in [1.807, 2.05) is 0 Å². The van der Waals surface area contributed by atoms with Gasteiger partial charge >= 0.3 is 0 Å². The molecule has 0 aliphatic carbocycles. The highest BCUT2D eigenvalue weighted by molar-refractivity contribution is 4.75. The number of ether oxygens (including phenoxy) is 1. The summed E-state index contributed by atoms with van der Waals surface area (Å²) >= 11 is 0. The quantitative estimate of drug-likeness (QED) is 0.597. The molecular formula is C9H19NO. The molecule has 0 bridgehead atoms. The van der Waals surface area contributed by atoms with Gasteiger partial charge in [-0.3, -0.25) is 0 Å². The van der Waals surface area contributed by atoms with E-state index < -0.39 is 0 Å². The zero-order valence-corrected chi connectivity index (χ0v) is 7.84. The number of piperidine rings is 1. The molecule has 0 amide bonds. The van der Waals surface area contributed by atoms with E-state index in [-0.39, 0.29) is 0 Å². The molecule has 0 aromatic carbocycles. The van der Waals surface area contributed by atoms with E-state index in [1.165, 1.54) is 19.5 Å². The molecule has 0 aromatic rings. The fraction of sp³-hybridized carbons (Fsp3) is 1.00. The van der Waals surface area contributed by atoms with Gasteiger partial charge in [0.25, 0.3) is 0 Å². The van der Waals surface area contributed by atoms with Crippen molar-refractivity contribution < 1.29 is 4.74 Å². The van der Waals surface area contributed by atoms with Gasteiger partial charge in [0, 0.05) is 20.3 Å². The summed E-state index contributed by atoms with van der Waals surface area (Å²) in [6.45, 7) is 5.72. The molecule has 1 aliphatic rings. The minimum absolute atomic E-state index is 0.788. The molecule has 1 aliphatic heterocycles. The number of likely N-dealkylation sites (tertiary alicyclic amines) is 1. The van der Waals surface area contributed by atoms with E-state index in [2.05, 4.69) is 18.9 Å². The molecule has 1 saturated heterocycles. The molecule has 0 aromatic heterocycles. The number of nitrogens with zero attached hydrogens (tertiary/aromatic N) is 1. The Bertz CT molecular complexity index is 116. The Hall–Kier alpha value is -0.0800.